The fourth-order valence-electron chi connectivity index (χ4n) is 1.34. The van der Waals surface area contributed by atoms with Gasteiger partial charge in [-0.15, -0.1) is 0 Å². The Morgan fingerprint density at radius 1 is 1.11 bits per heavy atom. The van der Waals surface area contributed by atoms with Gasteiger partial charge in [-0.3, -0.25) is 4.79 Å². The minimum atomic E-state index is -0.452. The van der Waals surface area contributed by atoms with Gasteiger partial charge >= 0.3 is 5.97 Å². The van der Waals surface area contributed by atoms with Crippen LogP contribution in [0.4, 0.5) is 0 Å². The van der Waals surface area contributed by atoms with Gasteiger partial charge in [-0.25, -0.2) is 4.79 Å². The van der Waals surface area contributed by atoms with Crippen LogP contribution in [0.25, 0.3) is 0 Å². The summed E-state index contributed by atoms with van der Waals surface area (Å²) >= 11 is 0. The number of hydrogen-bond donors (Lipinski definition) is 0. The molecule has 0 fully saturated rings. The second-order valence-corrected chi connectivity index (χ2v) is 3.38. The number of carbonyl (C=O) groups excluding carboxylic acids is 2. The van der Waals surface area contributed by atoms with Crippen LogP contribution in [0.1, 0.15) is 24.2 Å². The minimum Gasteiger partial charge on any atom is -0.494 e. The zero-order valence-electron chi connectivity index (χ0n) is 10.5. The molecule has 0 aromatic heterocycles. The minimum absolute atomic E-state index is 0.193. The van der Waals surface area contributed by atoms with Crippen LogP contribution >= 0.6 is 0 Å². The molecule has 0 aliphatic carbocycles. The number of ether oxygens (including phenoxy) is 3. The van der Waals surface area contributed by atoms with Crippen molar-refractivity contribution < 1.29 is 23.8 Å². The average Bonchev–Trinajstić information content (AvgIpc) is 2.37. The Kier molecular flexibility index (Phi) is 5.70. The van der Waals surface area contributed by atoms with Gasteiger partial charge in [0.05, 0.1) is 13.2 Å². The molecule has 0 atom stereocenters. The van der Waals surface area contributed by atoms with Gasteiger partial charge in [0, 0.05) is 11.6 Å². The molecule has 0 aliphatic heterocycles. The average molecular weight is 252 g/mol. The molecule has 1 aromatic carbocycles. The van der Waals surface area contributed by atoms with Crippen molar-refractivity contribution in [1.29, 1.82) is 0 Å². The lowest BCUT2D eigenvalue weighted by molar-refractivity contribution is -0.145. The Morgan fingerprint density at radius 3 is 2.33 bits per heavy atom. The van der Waals surface area contributed by atoms with Crippen LogP contribution in [-0.2, 0) is 9.53 Å². The summed E-state index contributed by atoms with van der Waals surface area (Å²) in [4.78, 5) is 21.9. The van der Waals surface area contributed by atoms with E-state index < -0.39 is 5.97 Å². The van der Waals surface area contributed by atoms with Crippen molar-refractivity contribution in [1.82, 2.24) is 0 Å². The van der Waals surface area contributed by atoms with Crippen molar-refractivity contribution in [2.24, 2.45) is 0 Å². The molecule has 18 heavy (non-hydrogen) atoms. The van der Waals surface area contributed by atoms with Crippen LogP contribution in [0.15, 0.2) is 18.2 Å². The molecule has 5 nitrogen and oxygen atoms in total. The molecule has 1 aromatic rings. The first-order valence-corrected chi connectivity index (χ1v) is 5.71. The number of benzene rings is 1. The fraction of sp³-hybridized carbons (Fsp3) is 0.385. The highest BCUT2D eigenvalue weighted by molar-refractivity contribution is 5.77. The summed E-state index contributed by atoms with van der Waals surface area (Å²) < 4.78 is 15.3. The lowest BCUT2D eigenvalue weighted by Crippen LogP contribution is -2.14. The zero-order chi connectivity index (χ0) is 13.4. The number of esters is 1. The maximum atomic E-state index is 11.1. The Morgan fingerprint density at radius 2 is 1.78 bits per heavy atom. The van der Waals surface area contributed by atoms with E-state index in [1.807, 2.05) is 6.92 Å². The first-order chi connectivity index (χ1) is 8.69. The first kappa shape index (κ1) is 14.0. The number of aldehydes is 1. The van der Waals surface area contributed by atoms with Crippen LogP contribution in [0, 0.1) is 0 Å². The van der Waals surface area contributed by atoms with E-state index in [9.17, 15) is 9.59 Å². The van der Waals surface area contributed by atoms with E-state index in [0.717, 1.165) is 0 Å². The highest BCUT2D eigenvalue weighted by Crippen LogP contribution is 2.22. The standard InChI is InChI=1S/C13H16O5/c1-3-16-11-5-10(8-14)6-12(7-11)18-9-13(15)17-4-2/h5-8H,3-4,9H2,1-2H3. The number of rotatable bonds is 7. The van der Waals surface area contributed by atoms with Crippen LogP contribution in [0.3, 0.4) is 0 Å². The number of carbonyl (C=O) groups is 2. The highest BCUT2D eigenvalue weighted by atomic mass is 16.6. The van der Waals surface area contributed by atoms with E-state index >= 15 is 0 Å². The third kappa shape index (κ3) is 4.45. The normalized spacial score (nSPS) is 9.67. The van der Waals surface area contributed by atoms with Gasteiger partial charge in [-0.2, -0.15) is 0 Å². The molecule has 0 bridgehead atoms. The second kappa shape index (κ2) is 7.32. The quantitative estimate of drug-likeness (QED) is 0.547. The van der Waals surface area contributed by atoms with Crippen molar-refractivity contribution in [3.8, 4) is 11.5 Å². The van der Waals surface area contributed by atoms with Crippen LogP contribution in [0.2, 0.25) is 0 Å². The summed E-state index contributed by atoms with van der Waals surface area (Å²) in [5, 5.41) is 0. The molecule has 1 rings (SSSR count). The predicted molar refractivity (Wildman–Crippen MR) is 65.1 cm³/mol. The van der Waals surface area contributed by atoms with Crippen molar-refractivity contribution in [3.63, 3.8) is 0 Å². The summed E-state index contributed by atoms with van der Waals surface area (Å²) in [6.07, 6.45) is 0.694. The summed E-state index contributed by atoms with van der Waals surface area (Å²) in [5.41, 5.74) is 0.430. The van der Waals surface area contributed by atoms with Gasteiger partial charge in [0.1, 0.15) is 17.8 Å². The molecule has 0 unspecified atom stereocenters. The molecule has 0 N–H and O–H groups in total. The summed E-state index contributed by atoms with van der Waals surface area (Å²) in [6.45, 7) is 4.16. The lowest BCUT2D eigenvalue weighted by atomic mass is 10.2. The van der Waals surface area contributed by atoms with Gasteiger partial charge in [0.15, 0.2) is 6.61 Å². The molecule has 0 spiro atoms. The van der Waals surface area contributed by atoms with Gasteiger partial charge in [-0.1, -0.05) is 0 Å². The van der Waals surface area contributed by atoms with E-state index in [1.54, 1.807) is 19.1 Å². The largest absolute Gasteiger partial charge is 0.494 e. The SMILES string of the molecule is CCOC(=O)COc1cc(C=O)cc(OCC)c1. The molecule has 0 saturated heterocycles. The molecular weight excluding hydrogens is 236 g/mol. The predicted octanol–water partition coefficient (Wildman–Crippen LogP) is 1.84. The Bertz CT molecular complexity index is 414. The number of hydrogen-bond acceptors (Lipinski definition) is 5. The Balaban J connectivity index is 2.71. The molecule has 0 aliphatic rings. The molecular formula is C13H16O5. The van der Waals surface area contributed by atoms with Gasteiger partial charge < -0.3 is 14.2 Å². The van der Waals surface area contributed by atoms with E-state index in [1.165, 1.54) is 6.07 Å². The van der Waals surface area contributed by atoms with E-state index in [2.05, 4.69) is 0 Å². The van der Waals surface area contributed by atoms with Gasteiger partial charge in [0.2, 0.25) is 0 Å². The zero-order valence-corrected chi connectivity index (χ0v) is 10.5. The van der Waals surface area contributed by atoms with Gasteiger partial charge in [0.25, 0.3) is 0 Å². The molecule has 0 amide bonds. The summed E-state index contributed by atoms with van der Waals surface area (Å²) in [7, 11) is 0. The fourth-order valence-corrected chi connectivity index (χ4v) is 1.34. The van der Waals surface area contributed by atoms with E-state index in [0.29, 0.717) is 36.6 Å². The van der Waals surface area contributed by atoms with Crippen LogP contribution in [-0.4, -0.2) is 32.1 Å². The monoisotopic (exact) mass is 252 g/mol. The Labute approximate surface area is 106 Å². The van der Waals surface area contributed by atoms with Crippen LogP contribution in [0.5, 0.6) is 11.5 Å². The summed E-state index contributed by atoms with van der Waals surface area (Å²) in [5.74, 6) is 0.476. The molecule has 5 heteroatoms. The second-order valence-electron chi connectivity index (χ2n) is 3.38. The van der Waals surface area contributed by atoms with Crippen LogP contribution < -0.4 is 9.47 Å². The maximum Gasteiger partial charge on any atom is 0.344 e. The topological polar surface area (TPSA) is 61.8 Å². The third-order valence-electron chi connectivity index (χ3n) is 2.01. The smallest absolute Gasteiger partial charge is 0.344 e. The highest BCUT2D eigenvalue weighted by Gasteiger charge is 2.06. The van der Waals surface area contributed by atoms with Crippen molar-refractivity contribution in [3.05, 3.63) is 23.8 Å². The van der Waals surface area contributed by atoms with Crippen molar-refractivity contribution in [2.45, 2.75) is 13.8 Å². The molecule has 0 radical (unpaired) electrons. The first-order valence-electron chi connectivity index (χ1n) is 5.71. The van der Waals surface area contributed by atoms with Crippen molar-refractivity contribution >= 4 is 12.3 Å². The molecule has 0 saturated carbocycles. The molecule has 98 valence electrons. The van der Waals surface area contributed by atoms with Crippen molar-refractivity contribution in [2.75, 3.05) is 19.8 Å². The van der Waals surface area contributed by atoms with E-state index in [4.69, 9.17) is 14.2 Å². The van der Waals surface area contributed by atoms with E-state index in [-0.39, 0.29) is 6.61 Å². The Hall–Kier alpha value is -2.04. The summed E-state index contributed by atoms with van der Waals surface area (Å²) in [6, 6.07) is 4.76. The molecule has 0 heterocycles. The lowest BCUT2D eigenvalue weighted by Gasteiger charge is -2.09. The maximum absolute atomic E-state index is 11.1. The third-order valence-corrected chi connectivity index (χ3v) is 2.01. The van der Waals surface area contributed by atoms with Gasteiger partial charge in [-0.05, 0) is 26.0 Å².